The average molecular weight is 284 g/mol. The number of rotatable bonds is 4. The number of nitrogens with zero attached hydrogens (tertiary/aromatic N) is 1. The number of ether oxygens (including phenoxy) is 1. The van der Waals surface area contributed by atoms with E-state index in [0.717, 1.165) is 0 Å². The standard InChI is InChI=1S/C11H16N4O3S/c12-11(13)9-1-3-10(4-2-9)14-19(16,17)15-5-7-18-8-6-15/h1-4,14H,5-8H2,(H3,12,13). The molecule has 19 heavy (non-hydrogen) atoms. The van der Waals surface area contributed by atoms with E-state index in [0.29, 0.717) is 37.6 Å². The van der Waals surface area contributed by atoms with Gasteiger partial charge in [0.2, 0.25) is 0 Å². The molecule has 8 heteroatoms. The zero-order valence-electron chi connectivity index (χ0n) is 10.3. The second-order valence-corrected chi connectivity index (χ2v) is 5.78. The summed E-state index contributed by atoms with van der Waals surface area (Å²) in [5.74, 6) is -0.0532. The zero-order chi connectivity index (χ0) is 13.9. The average Bonchev–Trinajstić information content (AvgIpc) is 2.40. The molecule has 1 aromatic carbocycles. The second kappa shape index (κ2) is 5.55. The molecule has 0 radical (unpaired) electrons. The van der Waals surface area contributed by atoms with Gasteiger partial charge in [-0.05, 0) is 24.3 Å². The fourth-order valence-electron chi connectivity index (χ4n) is 1.72. The van der Waals surface area contributed by atoms with Crippen molar-refractivity contribution in [1.29, 1.82) is 5.41 Å². The molecule has 7 nitrogen and oxygen atoms in total. The summed E-state index contributed by atoms with van der Waals surface area (Å²) in [6.07, 6.45) is 0. The number of nitrogens with one attached hydrogen (secondary N) is 2. The van der Waals surface area contributed by atoms with Crippen LogP contribution in [0.25, 0.3) is 0 Å². The Balaban J connectivity index is 2.09. The normalized spacial score (nSPS) is 17.1. The van der Waals surface area contributed by atoms with Crippen LogP contribution in [-0.2, 0) is 14.9 Å². The van der Waals surface area contributed by atoms with E-state index in [4.69, 9.17) is 15.9 Å². The van der Waals surface area contributed by atoms with Crippen molar-refractivity contribution in [2.24, 2.45) is 5.73 Å². The highest BCUT2D eigenvalue weighted by atomic mass is 32.2. The zero-order valence-corrected chi connectivity index (χ0v) is 11.1. The minimum atomic E-state index is -3.55. The van der Waals surface area contributed by atoms with Crippen LogP contribution in [0.3, 0.4) is 0 Å². The van der Waals surface area contributed by atoms with Crippen molar-refractivity contribution in [1.82, 2.24) is 4.31 Å². The lowest BCUT2D eigenvalue weighted by Gasteiger charge is -2.26. The van der Waals surface area contributed by atoms with Crippen molar-refractivity contribution in [3.63, 3.8) is 0 Å². The fourth-order valence-corrected chi connectivity index (χ4v) is 2.91. The van der Waals surface area contributed by atoms with Crippen LogP contribution < -0.4 is 10.5 Å². The van der Waals surface area contributed by atoms with Crippen molar-refractivity contribution < 1.29 is 13.2 Å². The summed E-state index contributed by atoms with van der Waals surface area (Å²) < 4.78 is 33.1. The van der Waals surface area contributed by atoms with Gasteiger partial charge in [-0.2, -0.15) is 12.7 Å². The first-order chi connectivity index (χ1) is 8.99. The van der Waals surface area contributed by atoms with E-state index < -0.39 is 10.2 Å². The molecule has 0 saturated carbocycles. The van der Waals surface area contributed by atoms with E-state index in [1.165, 1.54) is 4.31 Å². The van der Waals surface area contributed by atoms with Crippen LogP contribution in [0.1, 0.15) is 5.56 Å². The molecule has 1 aliphatic rings. The molecule has 0 amide bonds. The molecule has 1 aliphatic heterocycles. The first-order valence-electron chi connectivity index (χ1n) is 5.79. The lowest BCUT2D eigenvalue weighted by molar-refractivity contribution is 0.0733. The molecule has 4 N–H and O–H groups in total. The van der Waals surface area contributed by atoms with Gasteiger partial charge in [0.05, 0.1) is 13.2 Å². The van der Waals surface area contributed by atoms with Crippen molar-refractivity contribution in [2.45, 2.75) is 0 Å². The highest BCUT2D eigenvalue weighted by molar-refractivity contribution is 7.90. The van der Waals surface area contributed by atoms with Crippen LogP contribution in [-0.4, -0.2) is 44.9 Å². The minimum Gasteiger partial charge on any atom is -0.384 e. The summed E-state index contributed by atoms with van der Waals surface area (Å²) in [5.41, 5.74) is 6.32. The molecule has 1 saturated heterocycles. The van der Waals surface area contributed by atoms with Crippen LogP contribution in [0.2, 0.25) is 0 Å². The smallest absolute Gasteiger partial charge is 0.301 e. The lowest BCUT2D eigenvalue weighted by atomic mass is 10.2. The summed E-state index contributed by atoms with van der Waals surface area (Å²) in [7, 11) is -3.55. The van der Waals surface area contributed by atoms with E-state index in [-0.39, 0.29) is 5.84 Å². The fraction of sp³-hybridized carbons (Fsp3) is 0.364. The van der Waals surface area contributed by atoms with Crippen LogP contribution in [0, 0.1) is 5.41 Å². The molecule has 104 valence electrons. The first kappa shape index (κ1) is 13.8. The number of morpholine rings is 1. The van der Waals surface area contributed by atoms with E-state index in [1.54, 1.807) is 24.3 Å². The topological polar surface area (TPSA) is 109 Å². The Kier molecular flexibility index (Phi) is 4.03. The minimum absolute atomic E-state index is 0.0532. The number of amidine groups is 1. The summed E-state index contributed by atoms with van der Waals surface area (Å²) >= 11 is 0. The third kappa shape index (κ3) is 3.43. The van der Waals surface area contributed by atoms with Gasteiger partial charge in [0.25, 0.3) is 0 Å². The Morgan fingerprint density at radius 1 is 1.26 bits per heavy atom. The van der Waals surface area contributed by atoms with Gasteiger partial charge in [0.15, 0.2) is 0 Å². The van der Waals surface area contributed by atoms with Gasteiger partial charge < -0.3 is 10.5 Å². The van der Waals surface area contributed by atoms with Crippen molar-refractivity contribution in [3.8, 4) is 0 Å². The Morgan fingerprint density at radius 3 is 2.37 bits per heavy atom. The molecule has 1 fully saturated rings. The molecule has 0 bridgehead atoms. The molecule has 2 rings (SSSR count). The number of nitrogens with two attached hydrogens (primary N) is 1. The van der Waals surface area contributed by atoms with Gasteiger partial charge in [0, 0.05) is 24.3 Å². The van der Waals surface area contributed by atoms with Gasteiger partial charge >= 0.3 is 10.2 Å². The van der Waals surface area contributed by atoms with Gasteiger partial charge in [-0.1, -0.05) is 0 Å². The monoisotopic (exact) mass is 284 g/mol. The Bertz CT molecular complexity index is 550. The summed E-state index contributed by atoms with van der Waals surface area (Å²) in [6.45, 7) is 1.51. The van der Waals surface area contributed by atoms with Crippen molar-refractivity contribution in [2.75, 3.05) is 31.0 Å². The molecule has 0 aromatic heterocycles. The SMILES string of the molecule is N=C(N)c1ccc(NS(=O)(=O)N2CCOCC2)cc1. The number of nitrogen functional groups attached to an aromatic ring is 1. The highest BCUT2D eigenvalue weighted by Crippen LogP contribution is 2.14. The Hall–Kier alpha value is -1.64. The second-order valence-electron chi connectivity index (χ2n) is 4.11. The molecular weight excluding hydrogens is 268 g/mol. The molecule has 1 aromatic rings. The van der Waals surface area contributed by atoms with E-state index in [1.807, 2.05) is 0 Å². The highest BCUT2D eigenvalue weighted by Gasteiger charge is 2.23. The van der Waals surface area contributed by atoms with Gasteiger partial charge in [-0.3, -0.25) is 10.1 Å². The van der Waals surface area contributed by atoms with Gasteiger partial charge in [-0.15, -0.1) is 0 Å². The predicted octanol–water partition coefficient (Wildman–Crippen LogP) is -0.0404. The van der Waals surface area contributed by atoms with Crippen LogP contribution in [0.4, 0.5) is 5.69 Å². The number of benzene rings is 1. The van der Waals surface area contributed by atoms with Crippen LogP contribution in [0.15, 0.2) is 24.3 Å². The molecule has 0 unspecified atom stereocenters. The molecule has 0 spiro atoms. The van der Waals surface area contributed by atoms with Crippen molar-refractivity contribution in [3.05, 3.63) is 29.8 Å². The number of anilines is 1. The van der Waals surface area contributed by atoms with Gasteiger partial charge in [-0.25, -0.2) is 0 Å². The maximum Gasteiger partial charge on any atom is 0.301 e. The Morgan fingerprint density at radius 2 is 1.84 bits per heavy atom. The third-order valence-corrected chi connectivity index (χ3v) is 4.29. The first-order valence-corrected chi connectivity index (χ1v) is 7.23. The maximum atomic E-state index is 12.1. The van der Waals surface area contributed by atoms with Crippen LogP contribution >= 0.6 is 0 Å². The Labute approximate surface area is 112 Å². The van der Waals surface area contributed by atoms with E-state index in [2.05, 4.69) is 4.72 Å². The molecular formula is C11H16N4O3S. The number of hydrogen-bond donors (Lipinski definition) is 3. The number of hydrogen-bond acceptors (Lipinski definition) is 4. The maximum absolute atomic E-state index is 12.1. The summed E-state index contributed by atoms with van der Waals surface area (Å²) in [6, 6.07) is 6.35. The van der Waals surface area contributed by atoms with Gasteiger partial charge in [0.1, 0.15) is 5.84 Å². The van der Waals surface area contributed by atoms with E-state index in [9.17, 15) is 8.42 Å². The third-order valence-electron chi connectivity index (χ3n) is 2.75. The predicted molar refractivity (Wildman–Crippen MR) is 72.4 cm³/mol. The molecule has 0 aliphatic carbocycles. The van der Waals surface area contributed by atoms with Crippen LogP contribution in [0.5, 0.6) is 0 Å². The molecule has 0 atom stereocenters. The van der Waals surface area contributed by atoms with E-state index >= 15 is 0 Å². The molecule has 1 heterocycles. The lowest BCUT2D eigenvalue weighted by Crippen LogP contribution is -2.43. The summed E-state index contributed by atoms with van der Waals surface area (Å²) in [5, 5.41) is 7.26. The largest absolute Gasteiger partial charge is 0.384 e. The summed E-state index contributed by atoms with van der Waals surface area (Å²) in [4.78, 5) is 0. The quantitative estimate of drug-likeness (QED) is 0.532. The van der Waals surface area contributed by atoms with Crippen molar-refractivity contribution >= 4 is 21.7 Å².